The Morgan fingerprint density at radius 2 is 2.11 bits per heavy atom. The normalized spacial score (nSPS) is 10.5. The number of aryl methyl sites for hydroxylation is 1. The Balaban J connectivity index is 2.23. The van der Waals surface area contributed by atoms with E-state index in [0.29, 0.717) is 24.5 Å². The summed E-state index contributed by atoms with van der Waals surface area (Å²) in [5, 5.41) is 2.98. The van der Waals surface area contributed by atoms with Crippen molar-refractivity contribution in [1.29, 1.82) is 0 Å². The van der Waals surface area contributed by atoms with Crippen LogP contribution < -0.4 is 5.32 Å². The van der Waals surface area contributed by atoms with E-state index in [4.69, 9.17) is 0 Å². The van der Waals surface area contributed by atoms with Gasteiger partial charge in [0.15, 0.2) is 11.6 Å². The lowest BCUT2D eigenvalue weighted by Crippen LogP contribution is -2.10. The van der Waals surface area contributed by atoms with Crippen LogP contribution in [0.5, 0.6) is 0 Å². The molecule has 0 fully saturated rings. The van der Waals surface area contributed by atoms with E-state index in [2.05, 4.69) is 20.3 Å². The Hall–Kier alpha value is -2.04. The Morgan fingerprint density at radius 3 is 2.79 bits per heavy atom. The second-order valence-corrected chi connectivity index (χ2v) is 4.31. The maximum absolute atomic E-state index is 13.8. The van der Waals surface area contributed by atoms with Gasteiger partial charge in [-0.3, -0.25) is 4.98 Å². The highest BCUT2D eigenvalue weighted by molar-refractivity contribution is 5.38. The van der Waals surface area contributed by atoms with Crippen LogP contribution in [0.25, 0.3) is 0 Å². The molecule has 4 nitrogen and oxygen atoms in total. The molecule has 0 saturated carbocycles. The van der Waals surface area contributed by atoms with Crippen LogP contribution in [0.2, 0.25) is 0 Å². The molecule has 2 rings (SSSR count). The third-order valence-electron chi connectivity index (χ3n) is 2.67. The molecule has 1 N–H and O–H groups in total. The van der Waals surface area contributed by atoms with E-state index < -0.39 is 0 Å². The minimum absolute atomic E-state index is 0.278. The van der Waals surface area contributed by atoms with Crippen LogP contribution in [-0.2, 0) is 6.42 Å². The fourth-order valence-corrected chi connectivity index (χ4v) is 1.72. The SMILES string of the molecule is CCCNc1nc(Cc2ccccn2)nc(C)c1F. The predicted molar refractivity (Wildman–Crippen MR) is 72.6 cm³/mol. The molecule has 0 saturated heterocycles. The lowest BCUT2D eigenvalue weighted by Gasteiger charge is -2.09. The second kappa shape index (κ2) is 6.22. The number of anilines is 1. The highest BCUT2D eigenvalue weighted by Gasteiger charge is 2.11. The summed E-state index contributed by atoms with van der Waals surface area (Å²) in [5.74, 6) is 0.481. The van der Waals surface area contributed by atoms with Gasteiger partial charge in [-0.15, -0.1) is 0 Å². The number of halogens is 1. The lowest BCUT2D eigenvalue weighted by atomic mass is 10.2. The number of rotatable bonds is 5. The van der Waals surface area contributed by atoms with Gasteiger partial charge >= 0.3 is 0 Å². The number of nitrogens with one attached hydrogen (secondary N) is 1. The third kappa shape index (κ3) is 3.47. The minimum Gasteiger partial charge on any atom is -0.368 e. The van der Waals surface area contributed by atoms with E-state index >= 15 is 0 Å². The molecule has 2 heterocycles. The van der Waals surface area contributed by atoms with Gasteiger partial charge in [0, 0.05) is 18.4 Å². The lowest BCUT2D eigenvalue weighted by molar-refractivity contribution is 0.600. The van der Waals surface area contributed by atoms with Gasteiger partial charge in [-0.05, 0) is 25.5 Å². The molecule has 100 valence electrons. The van der Waals surface area contributed by atoms with Crippen molar-refractivity contribution in [2.75, 3.05) is 11.9 Å². The van der Waals surface area contributed by atoms with Gasteiger partial charge in [-0.2, -0.15) is 0 Å². The molecule has 0 unspecified atom stereocenters. The Bertz CT molecular complexity index is 543. The average molecular weight is 260 g/mol. The van der Waals surface area contributed by atoms with Crippen LogP contribution in [0.3, 0.4) is 0 Å². The zero-order valence-corrected chi connectivity index (χ0v) is 11.2. The molecule has 0 aliphatic rings. The zero-order valence-electron chi connectivity index (χ0n) is 11.2. The molecule has 0 aliphatic heterocycles. The fraction of sp³-hybridized carbons (Fsp3) is 0.357. The molecule has 2 aromatic rings. The monoisotopic (exact) mass is 260 g/mol. The van der Waals surface area contributed by atoms with Gasteiger partial charge in [0.1, 0.15) is 5.82 Å². The molecule has 0 atom stereocenters. The summed E-state index contributed by atoms with van der Waals surface area (Å²) < 4.78 is 13.8. The van der Waals surface area contributed by atoms with Gasteiger partial charge in [0.25, 0.3) is 0 Å². The number of hydrogen-bond donors (Lipinski definition) is 1. The van der Waals surface area contributed by atoms with Crippen LogP contribution in [-0.4, -0.2) is 21.5 Å². The highest BCUT2D eigenvalue weighted by Crippen LogP contribution is 2.15. The Kier molecular flexibility index (Phi) is 4.39. The quantitative estimate of drug-likeness (QED) is 0.898. The molecular weight excluding hydrogens is 243 g/mol. The molecule has 0 amide bonds. The first-order valence-electron chi connectivity index (χ1n) is 6.37. The molecule has 2 aromatic heterocycles. The zero-order chi connectivity index (χ0) is 13.7. The van der Waals surface area contributed by atoms with E-state index in [1.807, 2.05) is 25.1 Å². The largest absolute Gasteiger partial charge is 0.368 e. The number of nitrogens with zero attached hydrogens (tertiary/aromatic N) is 3. The number of hydrogen-bond acceptors (Lipinski definition) is 4. The van der Waals surface area contributed by atoms with Crippen molar-refractivity contribution < 1.29 is 4.39 Å². The van der Waals surface area contributed by atoms with Crippen molar-refractivity contribution >= 4 is 5.82 Å². The molecule has 0 aromatic carbocycles. The van der Waals surface area contributed by atoms with Crippen molar-refractivity contribution in [3.8, 4) is 0 Å². The van der Waals surface area contributed by atoms with Gasteiger partial charge in [-0.1, -0.05) is 13.0 Å². The van der Waals surface area contributed by atoms with E-state index in [0.717, 1.165) is 12.1 Å². The summed E-state index contributed by atoms with van der Waals surface area (Å²) in [6, 6.07) is 5.67. The average Bonchev–Trinajstić information content (AvgIpc) is 2.42. The van der Waals surface area contributed by atoms with Gasteiger partial charge in [-0.25, -0.2) is 14.4 Å². The molecule has 0 bridgehead atoms. The summed E-state index contributed by atoms with van der Waals surface area (Å²) in [4.78, 5) is 12.6. The Morgan fingerprint density at radius 1 is 1.26 bits per heavy atom. The predicted octanol–water partition coefficient (Wildman–Crippen LogP) is 2.73. The van der Waals surface area contributed by atoms with Crippen molar-refractivity contribution in [3.05, 3.63) is 47.4 Å². The first-order valence-corrected chi connectivity index (χ1v) is 6.37. The molecule has 19 heavy (non-hydrogen) atoms. The minimum atomic E-state index is -0.377. The third-order valence-corrected chi connectivity index (χ3v) is 2.67. The first-order chi connectivity index (χ1) is 9.20. The van der Waals surface area contributed by atoms with E-state index in [1.165, 1.54) is 0 Å². The Labute approximate surface area is 112 Å². The van der Waals surface area contributed by atoms with Crippen molar-refractivity contribution in [2.45, 2.75) is 26.7 Å². The van der Waals surface area contributed by atoms with Crippen molar-refractivity contribution in [2.24, 2.45) is 0 Å². The molecule has 0 aliphatic carbocycles. The highest BCUT2D eigenvalue weighted by atomic mass is 19.1. The maximum atomic E-state index is 13.8. The van der Waals surface area contributed by atoms with Gasteiger partial charge < -0.3 is 5.32 Å². The van der Waals surface area contributed by atoms with Crippen LogP contribution >= 0.6 is 0 Å². The van der Waals surface area contributed by atoms with Crippen LogP contribution in [0.15, 0.2) is 24.4 Å². The molecule has 5 heteroatoms. The summed E-state index contributed by atoms with van der Waals surface area (Å²) >= 11 is 0. The van der Waals surface area contributed by atoms with Crippen LogP contribution in [0.4, 0.5) is 10.2 Å². The van der Waals surface area contributed by atoms with E-state index in [1.54, 1.807) is 13.1 Å². The standard InChI is InChI=1S/C14H17FN4/c1-3-7-17-14-13(15)10(2)18-12(19-14)9-11-6-4-5-8-16-11/h4-6,8H,3,7,9H2,1-2H3,(H,17,18,19). The summed E-state index contributed by atoms with van der Waals surface area (Å²) in [7, 11) is 0. The molecule has 0 spiro atoms. The molecular formula is C14H17FN4. The topological polar surface area (TPSA) is 50.7 Å². The van der Waals surface area contributed by atoms with Crippen LogP contribution in [0.1, 0.15) is 30.6 Å². The van der Waals surface area contributed by atoms with E-state index in [9.17, 15) is 4.39 Å². The van der Waals surface area contributed by atoms with E-state index in [-0.39, 0.29) is 11.6 Å². The number of pyridine rings is 1. The second-order valence-electron chi connectivity index (χ2n) is 4.31. The fourth-order valence-electron chi connectivity index (χ4n) is 1.72. The summed E-state index contributed by atoms with van der Waals surface area (Å²) in [5.41, 5.74) is 1.23. The van der Waals surface area contributed by atoms with Crippen molar-refractivity contribution in [3.63, 3.8) is 0 Å². The van der Waals surface area contributed by atoms with Crippen LogP contribution in [0, 0.1) is 12.7 Å². The van der Waals surface area contributed by atoms with Gasteiger partial charge in [0.05, 0.1) is 12.1 Å². The smallest absolute Gasteiger partial charge is 0.186 e. The number of aromatic nitrogens is 3. The summed E-state index contributed by atoms with van der Waals surface area (Å²) in [6.45, 7) is 4.36. The first kappa shape index (κ1) is 13.4. The summed E-state index contributed by atoms with van der Waals surface area (Å²) in [6.07, 6.45) is 3.14. The maximum Gasteiger partial charge on any atom is 0.186 e. The van der Waals surface area contributed by atoms with Crippen molar-refractivity contribution in [1.82, 2.24) is 15.0 Å². The van der Waals surface area contributed by atoms with Gasteiger partial charge in [0.2, 0.25) is 0 Å². The molecule has 0 radical (unpaired) electrons.